The van der Waals surface area contributed by atoms with E-state index in [1.165, 1.54) is 64.2 Å². The summed E-state index contributed by atoms with van der Waals surface area (Å²) in [5.41, 5.74) is 0. The van der Waals surface area contributed by atoms with Gasteiger partial charge in [-0.25, -0.2) is 9.97 Å². The number of unbranched alkanes of at least 4 members (excludes halogenated alkanes) is 5. The fraction of sp³-hybridized carbons (Fsp3) is 0.765. The first-order valence-electron chi connectivity index (χ1n) is 8.26. The Bertz CT molecular complexity index is 336. The van der Waals surface area contributed by atoms with E-state index in [0.29, 0.717) is 0 Å². The lowest BCUT2D eigenvalue weighted by Crippen LogP contribution is -1.98. The molecule has 1 aliphatic rings. The van der Waals surface area contributed by atoms with Crippen molar-refractivity contribution >= 4 is 0 Å². The van der Waals surface area contributed by atoms with Gasteiger partial charge >= 0.3 is 0 Å². The molecule has 0 amide bonds. The molecule has 1 radical (unpaired) electrons. The van der Waals surface area contributed by atoms with Gasteiger partial charge in [0.2, 0.25) is 0 Å². The second-order valence-electron chi connectivity index (χ2n) is 5.93. The minimum Gasteiger partial charge on any atom is -0.490 e. The third-order valence-corrected chi connectivity index (χ3v) is 4.25. The van der Waals surface area contributed by atoms with Crippen molar-refractivity contribution in [2.24, 2.45) is 5.92 Å². The van der Waals surface area contributed by atoms with Crippen molar-refractivity contribution in [3.63, 3.8) is 0 Å². The van der Waals surface area contributed by atoms with Gasteiger partial charge in [-0.3, -0.25) is 0 Å². The average Bonchev–Trinajstić information content (AvgIpc) is 3.00. The Morgan fingerprint density at radius 3 is 2.35 bits per heavy atom. The molecule has 0 aromatic carbocycles. The smallest absolute Gasteiger partial charge is 0.197 e. The van der Waals surface area contributed by atoms with E-state index in [9.17, 15) is 0 Å². The third kappa shape index (κ3) is 6.36. The van der Waals surface area contributed by atoms with Gasteiger partial charge in [-0.05, 0) is 12.3 Å². The Kier molecular flexibility index (Phi) is 7.43. The van der Waals surface area contributed by atoms with Crippen molar-refractivity contribution in [2.75, 3.05) is 6.61 Å². The normalized spacial score (nSPS) is 15.6. The quantitative estimate of drug-likeness (QED) is 0.586. The van der Waals surface area contributed by atoms with Gasteiger partial charge in [-0.2, -0.15) is 0 Å². The van der Waals surface area contributed by atoms with Crippen LogP contribution < -0.4 is 4.74 Å². The summed E-state index contributed by atoms with van der Waals surface area (Å²) in [4.78, 5) is 7.61. The van der Waals surface area contributed by atoms with Crippen molar-refractivity contribution in [3.05, 3.63) is 18.7 Å². The number of nitrogens with zero attached hydrogens (tertiary/aromatic N) is 2. The number of aromatic nitrogens is 2. The summed E-state index contributed by atoms with van der Waals surface area (Å²) in [5.74, 6) is 1.81. The second kappa shape index (κ2) is 9.73. The maximum Gasteiger partial charge on any atom is 0.197 e. The zero-order valence-electron chi connectivity index (χ0n) is 12.5. The molecule has 0 N–H and O–H groups in total. The van der Waals surface area contributed by atoms with Crippen molar-refractivity contribution in [1.82, 2.24) is 9.97 Å². The van der Waals surface area contributed by atoms with Gasteiger partial charge in [0.1, 0.15) is 0 Å². The lowest BCUT2D eigenvalue weighted by molar-refractivity contribution is 0.301. The van der Waals surface area contributed by atoms with Crippen LogP contribution in [0, 0.1) is 12.2 Å². The summed E-state index contributed by atoms with van der Waals surface area (Å²) in [6, 6.07) is 0. The molecular formula is C17H27N2O. The molecule has 1 saturated carbocycles. The van der Waals surface area contributed by atoms with Crippen LogP contribution in [0.1, 0.15) is 70.6 Å². The first kappa shape index (κ1) is 15.3. The van der Waals surface area contributed by atoms with Crippen LogP contribution in [0.3, 0.4) is 0 Å². The molecule has 0 atom stereocenters. The van der Waals surface area contributed by atoms with Gasteiger partial charge in [0.15, 0.2) is 12.1 Å². The Labute approximate surface area is 123 Å². The third-order valence-electron chi connectivity index (χ3n) is 4.25. The fourth-order valence-corrected chi connectivity index (χ4v) is 3.06. The highest BCUT2D eigenvalue weighted by Crippen LogP contribution is 2.29. The van der Waals surface area contributed by atoms with Gasteiger partial charge in [0.05, 0.1) is 19.0 Å². The SMILES string of the molecule is [c]1ncc(OCCCCCCCCC2CCCC2)cn1. The van der Waals surface area contributed by atoms with E-state index in [1.807, 2.05) is 0 Å². The number of hydrogen-bond acceptors (Lipinski definition) is 3. The summed E-state index contributed by atoms with van der Waals surface area (Å²) >= 11 is 0. The molecular weight excluding hydrogens is 248 g/mol. The number of ether oxygens (including phenoxy) is 1. The molecule has 3 heteroatoms. The second-order valence-corrected chi connectivity index (χ2v) is 5.93. The molecule has 2 rings (SSSR count). The maximum absolute atomic E-state index is 5.56. The summed E-state index contributed by atoms with van der Waals surface area (Å²) < 4.78 is 5.56. The minimum atomic E-state index is 0.750. The minimum absolute atomic E-state index is 0.750. The van der Waals surface area contributed by atoms with Gasteiger partial charge in [-0.1, -0.05) is 64.2 Å². The van der Waals surface area contributed by atoms with Crippen molar-refractivity contribution in [1.29, 1.82) is 0 Å². The van der Waals surface area contributed by atoms with E-state index < -0.39 is 0 Å². The first-order chi connectivity index (χ1) is 9.95. The van der Waals surface area contributed by atoms with Crippen LogP contribution in [0.5, 0.6) is 5.75 Å². The van der Waals surface area contributed by atoms with E-state index >= 15 is 0 Å². The van der Waals surface area contributed by atoms with Gasteiger partial charge in [-0.15, -0.1) is 0 Å². The lowest BCUT2D eigenvalue weighted by atomic mass is 9.99. The highest BCUT2D eigenvalue weighted by atomic mass is 16.5. The lowest BCUT2D eigenvalue weighted by Gasteiger charge is -2.08. The standard InChI is InChI=1S/C17H27N2O/c1(3-5-9-16-10-6-7-11-16)2-4-8-12-20-17-13-18-15-19-14-17/h13-14,16H,1-12H2. The van der Waals surface area contributed by atoms with Crippen LogP contribution in [0.2, 0.25) is 0 Å². The van der Waals surface area contributed by atoms with Crippen molar-refractivity contribution < 1.29 is 4.74 Å². The van der Waals surface area contributed by atoms with E-state index in [-0.39, 0.29) is 0 Å². The molecule has 0 spiro atoms. The van der Waals surface area contributed by atoms with Crippen LogP contribution >= 0.6 is 0 Å². The topological polar surface area (TPSA) is 35.0 Å². The molecule has 1 fully saturated rings. The van der Waals surface area contributed by atoms with Crippen LogP contribution in [0.15, 0.2) is 12.4 Å². The Morgan fingerprint density at radius 2 is 1.60 bits per heavy atom. The van der Waals surface area contributed by atoms with Crippen molar-refractivity contribution in [3.8, 4) is 5.75 Å². The predicted octanol–water partition coefficient (Wildman–Crippen LogP) is 4.58. The van der Waals surface area contributed by atoms with Crippen molar-refractivity contribution in [2.45, 2.75) is 70.6 Å². The molecule has 1 aromatic rings. The van der Waals surface area contributed by atoms with Crippen LogP contribution in [0.4, 0.5) is 0 Å². The Hall–Kier alpha value is -1.12. The van der Waals surface area contributed by atoms with Gasteiger partial charge in [0, 0.05) is 0 Å². The van der Waals surface area contributed by atoms with Crippen LogP contribution in [0.25, 0.3) is 0 Å². The number of rotatable bonds is 10. The molecule has 111 valence electrons. The van der Waals surface area contributed by atoms with Crippen LogP contribution in [-0.4, -0.2) is 16.6 Å². The van der Waals surface area contributed by atoms with Gasteiger partial charge in [0.25, 0.3) is 0 Å². The molecule has 1 aromatic heterocycles. The average molecular weight is 275 g/mol. The molecule has 0 unspecified atom stereocenters. The van der Waals surface area contributed by atoms with Crippen LogP contribution in [-0.2, 0) is 0 Å². The molecule has 0 bridgehead atoms. The summed E-state index contributed by atoms with van der Waals surface area (Å²) in [5, 5.41) is 0. The molecule has 3 nitrogen and oxygen atoms in total. The van der Waals surface area contributed by atoms with E-state index in [0.717, 1.165) is 24.7 Å². The fourth-order valence-electron chi connectivity index (χ4n) is 3.06. The zero-order chi connectivity index (χ0) is 13.9. The molecule has 0 saturated heterocycles. The maximum atomic E-state index is 5.56. The zero-order valence-corrected chi connectivity index (χ0v) is 12.5. The monoisotopic (exact) mass is 275 g/mol. The summed E-state index contributed by atoms with van der Waals surface area (Å²) in [6.45, 7) is 0.773. The predicted molar refractivity (Wildman–Crippen MR) is 80.6 cm³/mol. The summed E-state index contributed by atoms with van der Waals surface area (Å²) in [7, 11) is 0. The highest BCUT2D eigenvalue weighted by molar-refractivity contribution is 5.09. The Morgan fingerprint density at radius 1 is 0.950 bits per heavy atom. The number of hydrogen-bond donors (Lipinski definition) is 0. The van der Waals surface area contributed by atoms with E-state index in [1.54, 1.807) is 12.4 Å². The summed E-state index contributed by atoms with van der Waals surface area (Å²) in [6.07, 6.45) is 21.2. The molecule has 0 aliphatic heterocycles. The van der Waals surface area contributed by atoms with E-state index in [4.69, 9.17) is 4.74 Å². The molecule has 1 aliphatic carbocycles. The Balaban J connectivity index is 1.35. The van der Waals surface area contributed by atoms with Gasteiger partial charge < -0.3 is 4.74 Å². The largest absolute Gasteiger partial charge is 0.490 e. The molecule has 20 heavy (non-hydrogen) atoms. The molecule has 1 heterocycles. The first-order valence-corrected chi connectivity index (χ1v) is 8.26. The highest BCUT2D eigenvalue weighted by Gasteiger charge is 2.13. The van der Waals surface area contributed by atoms with E-state index in [2.05, 4.69) is 16.3 Å².